The second-order valence-electron chi connectivity index (χ2n) is 3.86. The zero-order valence-corrected chi connectivity index (χ0v) is 13.2. The molecule has 1 saturated heterocycles. The monoisotopic (exact) mass is 264 g/mol. The van der Waals surface area contributed by atoms with Crippen LogP contribution in [-0.2, 0) is 4.74 Å². The highest BCUT2D eigenvalue weighted by Crippen LogP contribution is 2.36. The molecule has 0 saturated carbocycles. The van der Waals surface area contributed by atoms with Crippen LogP contribution in [0.5, 0.6) is 0 Å². The zero-order valence-electron chi connectivity index (χ0n) is 13.2. The molecule has 2 aliphatic heterocycles. The standard InChI is InChI=1S/C12H16N2O.2C2H6/c1-4-6-10-11(5-2)13-9(3)14-12(10)7-15-8-12;2*1-2/h4-6H,1,7-8H2,2-3H3,(H,13,14);2*1-2H3/b10-6+,11-5+;;. The van der Waals surface area contributed by atoms with E-state index < -0.39 is 0 Å². The molecule has 0 radical (unpaired) electrons. The molecular formula is C16H28N2O. The smallest absolute Gasteiger partial charge is 0.136 e. The molecule has 0 atom stereocenters. The van der Waals surface area contributed by atoms with E-state index in [1.165, 1.54) is 5.57 Å². The number of ether oxygens (including phenoxy) is 1. The number of rotatable bonds is 1. The quantitative estimate of drug-likeness (QED) is 0.780. The van der Waals surface area contributed by atoms with Crippen molar-refractivity contribution in [3.63, 3.8) is 0 Å². The van der Waals surface area contributed by atoms with Crippen molar-refractivity contribution in [1.29, 1.82) is 0 Å². The third kappa shape index (κ3) is 3.80. The van der Waals surface area contributed by atoms with Crippen molar-refractivity contribution in [3.8, 4) is 0 Å². The van der Waals surface area contributed by atoms with E-state index in [-0.39, 0.29) is 5.54 Å². The van der Waals surface area contributed by atoms with Crippen LogP contribution in [0.4, 0.5) is 0 Å². The van der Waals surface area contributed by atoms with Gasteiger partial charge in [0.25, 0.3) is 0 Å². The van der Waals surface area contributed by atoms with Crippen molar-refractivity contribution in [2.45, 2.75) is 47.1 Å². The molecule has 1 spiro atoms. The molecule has 0 unspecified atom stereocenters. The van der Waals surface area contributed by atoms with Gasteiger partial charge in [0.15, 0.2) is 0 Å². The van der Waals surface area contributed by atoms with Crippen LogP contribution >= 0.6 is 0 Å². The molecule has 3 nitrogen and oxygen atoms in total. The predicted octanol–water partition coefficient (Wildman–Crippen LogP) is 3.85. The van der Waals surface area contributed by atoms with Gasteiger partial charge in [0.2, 0.25) is 0 Å². The molecule has 0 aliphatic carbocycles. The van der Waals surface area contributed by atoms with E-state index in [4.69, 9.17) is 4.74 Å². The molecule has 2 aliphatic rings. The number of hydrogen-bond donors (Lipinski definition) is 1. The van der Waals surface area contributed by atoms with Crippen molar-refractivity contribution in [2.75, 3.05) is 13.2 Å². The third-order valence-electron chi connectivity index (χ3n) is 2.74. The van der Waals surface area contributed by atoms with Gasteiger partial charge in [-0.25, -0.2) is 0 Å². The van der Waals surface area contributed by atoms with Crippen LogP contribution in [0.15, 0.2) is 41.1 Å². The van der Waals surface area contributed by atoms with E-state index in [9.17, 15) is 0 Å². The first kappa shape index (κ1) is 17.6. The Hall–Kier alpha value is -1.35. The summed E-state index contributed by atoms with van der Waals surface area (Å²) in [7, 11) is 0. The third-order valence-corrected chi connectivity index (χ3v) is 2.74. The van der Waals surface area contributed by atoms with Gasteiger partial charge in [0, 0.05) is 11.3 Å². The van der Waals surface area contributed by atoms with Crippen LogP contribution in [0.25, 0.3) is 0 Å². The Balaban J connectivity index is 0.000000741. The van der Waals surface area contributed by atoms with E-state index in [2.05, 4.69) is 23.0 Å². The molecule has 0 aromatic rings. The highest BCUT2D eigenvalue weighted by Gasteiger charge is 2.45. The molecule has 2 heterocycles. The van der Waals surface area contributed by atoms with Crippen LogP contribution in [0, 0.1) is 0 Å². The molecule has 1 fully saturated rings. The molecule has 0 aromatic heterocycles. The topological polar surface area (TPSA) is 33.6 Å². The van der Waals surface area contributed by atoms with Gasteiger partial charge in [-0.3, -0.25) is 4.99 Å². The molecule has 108 valence electrons. The minimum Gasteiger partial charge on any atom is -0.375 e. The lowest BCUT2D eigenvalue weighted by Gasteiger charge is -2.43. The van der Waals surface area contributed by atoms with Crippen molar-refractivity contribution in [3.05, 3.63) is 36.1 Å². The summed E-state index contributed by atoms with van der Waals surface area (Å²) >= 11 is 0. The molecule has 0 bridgehead atoms. The summed E-state index contributed by atoms with van der Waals surface area (Å²) in [5, 5.41) is 3.26. The van der Waals surface area contributed by atoms with E-state index in [1.54, 1.807) is 6.08 Å². The number of aliphatic imine (C=N–C) groups is 1. The Morgan fingerprint density at radius 1 is 1.26 bits per heavy atom. The summed E-state index contributed by atoms with van der Waals surface area (Å²) in [6.45, 7) is 17.1. The summed E-state index contributed by atoms with van der Waals surface area (Å²) < 4.78 is 5.30. The van der Waals surface area contributed by atoms with Gasteiger partial charge >= 0.3 is 0 Å². The Morgan fingerprint density at radius 2 is 1.84 bits per heavy atom. The molecule has 0 aromatic carbocycles. The Bertz CT molecular complexity index is 374. The Kier molecular flexibility index (Phi) is 8.08. The fourth-order valence-electron chi connectivity index (χ4n) is 2.03. The predicted molar refractivity (Wildman–Crippen MR) is 84.5 cm³/mol. The van der Waals surface area contributed by atoms with E-state index >= 15 is 0 Å². The fourth-order valence-corrected chi connectivity index (χ4v) is 2.03. The second kappa shape index (κ2) is 8.70. The largest absolute Gasteiger partial charge is 0.375 e. The van der Waals surface area contributed by atoms with Crippen molar-refractivity contribution < 1.29 is 4.74 Å². The molecule has 19 heavy (non-hydrogen) atoms. The van der Waals surface area contributed by atoms with Crippen LogP contribution in [0.2, 0.25) is 0 Å². The SMILES string of the molecule is C=C/C=C1\C(=C/C)NC(C)=NC12COC2.CC.CC. The second-order valence-corrected chi connectivity index (χ2v) is 3.86. The highest BCUT2D eigenvalue weighted by atomic mass is 16.5. The summed E-state index contributed by atoms with van der Waals surface area (Å²) in [5.74, 6) is 0.951. The Labute approximate surface area is 118 Å². The van der Waals surface area contributed by atoms with Gasteiger partial charge < -0.3 is 10.1 Å². The summed E-state index contributed by atoms with van der Waals surface area (Å²) in [4.78, 5) is 4.64. The Morgan fingerprint density at radius 3 is 2.21 bits per heavy atom. The normalized spacial score (nSPS) is 23.2. The van der Waals surface area contributed by atoms with E-state index in [0.717, 1.165) is 11.5 Å². The summed E-state index contributed by atoms with van der Waals surface area (Å²) in [5.41, 5.74) is 2.13. The van der Waals surface area contributed by atoms with Gasteiger partial charge in [0.05, 0.1) is 19.0 Å². The van der Waals surface area contributed by atoms with Gasteiger partial charge in [-0.05, 0) is 13.8 Å². The maximum absolute atomic E-state index is 5.30. The van der Waals surface area contributed by atoms with Gasteiger partial charge in [-0.1, -0.05) is 52.5 Å². The minimum atomic E-state index is -0.161. The molecule has 3 heteroatoms. The average Bonchev–Trinajstić information content (AvgIpc) is 2.43. The lowest BCUT2D eigenvalue weighted by Crippen LogP contribution is -2.54. The maximum Gasteiger partial charge on any atom is 0.136 e. The number of nitrogens with one attached hydrogen (secondary N) is 1. The highest BCUT2D eigenvalue weighted by molar-refractivity contribution is 5.85. The molecular weight excluding hydrogens is 236 g/mol. The van der Waals surface area contributed by atoms with Crippen molar-refractivity contribution >= 4 is 5.84 Å². The first-order chi connectivity index (χ1) is 9.22. The minimum absolute atomic E-state index is 0.161. The number of nitrogens with zero attached hydrogens (tertiary/aromatic N) is 1. The van der Waals surface area contributed by atoms with Crippen molar-refractivity contribution in [1.82, 2.24) is 5.32 Å². The fraction of sp³-hybridized carbons (Fsp3) is 0.562. The summed E-state index contributed by atoms with van der Waals surface area (Å²) in [6, 6.07) is 0. The number of allylic oxidation sites excluding steroid dienone is 3. The van der Waals surface area contributed by atoms with Gasteiger partial charge in [-0.2, -0.15) is 0 Å². The van der Waals surface area contributed by atoms with Crippen LogP contribution < -0.4 is 5.32 Å². The number of hydrogen-bond acceptors (Lipinski definition) is 3. The first-order valence-corrected chi connectivity index (χ1v) is 7.13. The van der Waals surface area contributed by atoms with Crippen LogP contribution in [-0.4, -0.2) is 24.6 Å². The lowest BCUT2D eigenvalue weighted by atomic mass is 9.84. The summed E-state index contributed by atoms with van der Waals surface area (Å²) in [6.07, 6.45) is 5.88. The molecule has 1 N–H and O–H groups in total. The van der Waals surface area contributed by atoms with Gasteiger partial charge in [-0.15, -0.1) is 0 Å². The maximum atomic E-state index is 5.30. The average molecular weight is 264 g/mol. The van der Waals surface area contributed by atoms with E-state index in [0.29, 0.717) is 13.2 Å². The number of amidine groups is 1. The zero-order chi connectivity index (χ0) is 14.9. The lowest BCUT2D eigenvalue weighted by molar-refractivity contribution is -0.0328. The first-order valence-electron chi connectivity index (χ1n) is 7.13. The van der Waals surface area contributed by atoms with Gasteiger partial charge in [0.1, 0.15) is 5.54 Å². The van der Waals surface area contributed by atoms with Crippen LogP contribution in [0.1, 0.15) is 41.5 Å². The molecule has 0 amide bonds. The van der Waals surface area contributed by atoms with E-state index in [1.807, 2.05) is 47.6 Å². The molecule has 2 rings (SSSR count). The van der Waals surface area contributed by atoms with Crippen molar-refractivity contribution in [2.24, 2.45) is 4.99 Å². The van der Waals surface area contributed by atoms with Crippen LogP contribution in [0.3, 0.4) is 0 Å².